The Kier molecular flexibility index (Phi) is 14.7. The van der Waals surface area contributed by atoms with Crippen molar-refractivity contribution in [1.82, 2.24) is 10.6 Å². The maximum Gasteiger partial charge on any atom is 0.407 e. The largest absolute Gasteiger partial charge is 0.460 e. The zero-order valence-electron chi connectivity index (χ0n) is 27.8. The molecule has 0 aliphatic carbocycles. The first kappa shape index (κ1) is 39.5. The van der Waals surface area contributed by atoms with Crippen LogP contribution in [0, 0.1) is 5.92 Å². The van der Waals surface area contributed by atoms with E-state index < -0.39 is 59.4 Å². The molecule has 0 aliphatic rings. The van der Waals surface area contributed by atoms with E-state index in [0.717, 1.165) is 13.0 Å². The van der Waals surface area contributed by atoms with Crippen LogP contribution in [0.3, 0.4) is 0 Å². The number of rotatable bonds is 17. The molecular weight excluding hydrogens is 622 g/mol. The molecule has 0 saturated carbocycles. The van der Waals surface area contributed by atoms with Crippen LogP contribution in [0.1, 0.15) is 63.5 Å². The lowest BCUT2D eigenvalue weighted by Crippen LogP contribution is -2.63. The Morgan fingerprint density at radius 1 is 0.915 bits per heavy atom. The second-order valence-electron chi connectivity index (χ2n) is 12.1. The van der Waals surface area contributed by atoms with E-state index >= 15 is 8.78 Å². The van der Waals surface area contributed by atoms with Crippen molar-refractivity contribution < 1.29 is 57.1 Å². The number of carbonyl (C=O) groups is 3. The molecule has 262 valence electrons. The Bertz CT molecular complexity index is 1310. The van der Waals surface area contributed by atoms with Gasteiger partial charge in [0.15, 0.2) is 0 Å². The molecule has 14 heteroatoms. The van der Waals surface area contributed by atoms with Crippen molar-refractivity contribution in [2.75, 3.05) is 33.5 Å². The number of amides is 1. The maximum absolute atomic E-state index is 16.4. The highest BCUT2D eigenvalue weighted by Gasteiger charge is 2.55. The minimum Gasteiger partial charge on any atom is -0.460 e. The number of carbonyl (C=O) groups excluding carboxylic acids is 3. The monoisotopic (exact) mass is 668 g/mol. The number of esters is 2. The van der Waals surface area contributed by atoms with Crippen LogP contribution < -0.4 is 15.4 Å². The van der Waals surface area contributed by atoms with Gasteiger partial charge in [-0.2, -0.15) is 0 Å². The van der Waals surface area contributed by atoms with Crippen LogP contribution in [-0.4, -0.2) is 91.2 Å². The van der Waals surface area contributed by atoms with E-state index in [0.29, 0.717) is 6.61 Å². The molecule has 12 nitrogen and oxygen atoms in total. The zero-order chi connectivity index (χ0) is 35.4. The van der Waals surface area contributed by atoms with Gasteiger partial charge >= 0.3 is 18.0 Å². The second-order valence-corrected chi connectivity index (χ2v) is 12.1. The summed E-state index contributed by atoms with van der Waals surface area (Å²) in [5, 5.41) is 27.0. The Hall–Kier alpha value is -3.69. The third kappa shape index (κ3) is 11.8. The average Bonchev–Trinajstić information content (AvgIpc) is 3.00. The summed E-state index contributed by atoms with van der Waals surface area (Å²) in [5.74, 6) is -7.38. The molecule has 0 bridgehead atoms. The summed E-state index contributed by atoms with van der Waals surface area (Å²) >= 11 is 0. The third-order valence-electron chi connectivity index (χ3n) is 6.81. The van der Waals surface area contributed by atoms with E-state index in [1.807, 2.05) is 0 Å². The lowest BCUT2D eigenvalue weighted by Gasteiger charge is -2.40. The molecule has 1 amide bonds. The van der Waals surface area contributed by atoms with Crippen molar-refractivity contribution in [3.05, 3.63) is 65.7 Å². The summed E-state index contributed by atoms with van der Waals surface area (Å²) in [5.41, 5.74) is -3.72. The van der Waals surface area contributed by atoms with Crippen molar-refractivity contribution in [3.8, 4) is 5.75 Å². The van der Waals surface area contributed by atoms with E-state index in [-0.39, 0.29) is 36.7 Å². The number of nitrogens with one attached hydrogen (secondary N) is 2. The molecule has 0 fully saturated rings. The van der Waals surface area contributed by atoms with Gasteiger partial charge in [0, 0.05) is 13.0 Å². The fourth-order valence-corrected chi connectivity index (χ4v) is 4.21. The van der Waals surface area contributed by atoms with E-state index in [1.54, 1.807) is 39.0 Å². The number of aliphatic hydroxyl groups excluding tert-OH is 1. The number of alkyl carbamates (subject to hydrolysis) is 1. The number of halogens is 2. The fourth-order valence-electron chi connectivity index (χ4n) is 4.21. The Balaban J connectivity index is 2.47. The maximum atomic E-state index is 16.4. The van der Waals surface area contributed by atoms with Crippen molar-refractivity contribution in [1.29, 1.82) is 0 Å². The molecule has 0 aliphatic heterocycles. The minimum atomic E-state index is -4.19. The predicted molar refractivity (Wildman–Crippen MR) is 167 cm³/mol. The van der Waals surface area contributed by atoms with Gasteiger partial charge in [-0.05, 0) is 57.5 Å². The highest BCUT2D eigenvalue weighted by molar-refractivity contribution is 5.91. The molecule has 2 rings (SSSR count). The van der Waals surface area contributed by atoms with Gasteiger partial charge in [0.1, 0.15) is 30.1 Å². The number of methoxy groups -OCH3 is 1. The molecule has 4 N–H and O–H groups in total. The summed E-state index contributed by atoms with van der Waals surface area (Å²) in [7, 11) is 1.48. The van der Waals surface area contributed by atoms with Crippen molar-refractivity contribution in [2.24, 2.45) is 5.92 Å². The van der Waals surface area contributed by atoms with Crippen LogP contribution in [0.5, 0.6) is 5.75 Å². The van der Waals surface area contributed by atoms with Gasteiger partial charge in [0.05, 0.1) is 31.4 Å². The number of hydrogen-bond donors (Lipinski definition) is 4. The van der Waals surface area contributed by atoms with Crippen LogP contribution in [0.25, 0.3) is 0 Å². The van der Waals surface area contributed by atoms with Crippen LogP contribution in [-0.2, 0) is 23.7 Å². The lowest BCUT2D eigenvalue weighted by molar-refractivity contribution is -0.192. The summed E-state index contributed by atoms with van der Waals surface area (Å²) in [6, 6.07) is 9.13. The predicted octanol–water partition coefficient (Wildman–Crippen LogP) is 4.00. The standard InChI is InChI=1S/C33H46F2N2O10/c1-21(2)33(42,29(40)45-19-18-44-17-16-43-7)37-26(32(34,35)27(38)22(3)36-30(41)47-31(4,5)6)24-14-11-15-25(20-24)46-28(39)23-12-9-8-10-13-23/h8-15,20-22,26-27,37-38,42H,16-19H2,1-7H3,(H,36,41)/t22?,26?,27?,33-/m0/s1. The van der Waals surface area contributed by atoms with Crippen molar-refractivity contribution in [2.45, 2.75) is 77.0 Å². The number of alkyl halides is 2. The summed E-state index contributed by atoms with van der Waals surface area (Å²) < 4.78 is 58.7. The summed E-state index contributed by atoms with van der Waals surface area (Å²) in [6.45, 7) is 8.85. The first-order valence-corrected chi connectivity index (χ1v) is 15.1. The van der Waals surface area contributed by atoms with Gasteiger partial charge in [-0.15, -0.1) is 0 Å². The van der Waals surface area contributed by atoms with Crippen LogP contribution in [0.15, 0.2) is 54.6 Å². The molecule has 0 aromatic heterocycles. The van der Waals surface area contributed by atoms with Gasteiger partial charge < -0.3 is 39.2 Å². The molecule has 0 saturated heterocycles. The van der Waals surface area contributed by atoms with E-state index in [2.05, 4.69) is 10.6 Å². The van der Waals surface area contributed by atoms with Gasteiger partial charge in [-0.3, -0.25) is 5.32 Å². The Labute approximate surface area is 273 Å². The molecular formula is C33H46F2N2O10. The van der Waals surface area contributed by atoms with Crippen LogP contribution in [0.4, 0.5) is 13.6 Å². The number of ether oxygens (including phenoxy) is 5. The highest BCUT2D eigenvalue weighted by atomic mass is 19.3. The van der Waals surface area contributed by atoms with E-state index in [9.17, 15) is 24.6 Å². The highest BCUT2D eigenvalue weighted by Crippen LogP contribution is 2.39. The topological polar surface area (TPSA) is 162 Å². The molecule has 0 radical (unpaired) electrons. The number of benzene rings is 2. The normalized spacial score (nSPS) is 15.2. The molecule has 47 heavy (non-hydrogen) atoms. The smallest absolute Gasteiger partial charge is 0.407 e. The first-order chi connectivity index (χ1) is 21.9. The van der Waals surface area contributed by atoms with Gasteiger partial charge in [-0.1, -0.05) is 44.2 Å². The molecule has 2 aromatic rings. The van der Waals surface area contributed by atoms with Crippen LogP contribution in [0.2, 0.25) is 0 Å². The zero-order valence-corrected chi connectivity index (χ0v) is 27.8. The molecule has 3 unspecified atom stereocenters. The lowest BCUT2D eigenvalue weighted by atomic mass is 9.89. The first-order valence-electron chi connectivity index (χ1n) is 15.1. The minimum absolute atomic E-state index is 0.0513. The third-order valence-corrected chi connectivity index (χ3v) is 6.81. The van der Waals surface area contributed by atoms with Gasteiger partial charge in [-0.25, -0.2) is 23.2 Å². The van der Waals surface area contributed by atoms with Crippen molar-refractivity contribution in [3.63, 3.8) is 0 Å². The molecule has 0 heterocycles. The van der Waals surface area contributed by atoms with Crippen LogP contribution >= 0.6 is 0 Å². The van der Waals surface area contributed by atoms with E-state index in [4.69, 9.17) is 23.7 Å². The van der Waals surface area contributed by atoms with Gasteiger partial charge in [0.2, 0.25) is 5.72 Å². The summed E-state index contributed by atoms with van der Waals surface area (Å²) in [6.07, 6.45) is -3.63. The second kappa shape index (κ2) is 17.5. The quantitative estimate of drug-likeness (QED) is 0.0835. The average molecular weight is 669 g/mol. The molecule has 4 atom stereocenters. The number of hydrogen-bond acceptors (Lipinski definition) is 11. The summed E-state index contributed by atoms with van der Waals surface area (Å²) in [4.78, 5) is 38.2. The van der Waals surface area contributed by atoms with Gasteiger partial charge in [0.25, 0.3) is 5.92 Å². The van der Waals surface area contributed by atoms with Crippen molar-refractivity contribution >= 4 is 18.0 Å². The number of aliphatic hydroxyl groups is 2. The Morgan fingerprint density at radius 2 is 1.55 bits per heavy atom. The van der Waals surface area contributed by atoms with E-state index in [1.165, 1.54) is 51.3 Å². The molecule has 0 spiro atoms. The molecule has 2 aromatic carbocycles. The fraction of sp³-hybridized carbons (Fsp3) is 0.545. The SMILES string of the molecule is COCCOCCOC(=O)[C@](O)(NC(c1cccc(OC(=O)c2ccccc2)c1)C(F)(F)C(O)C(C)NC(=O)OC(C)(C)C)C(C)C. The Morgan fingerprint density at radius 3 is 2.15 bits per heavy atom.